The van der Waals surface area contributed by atoms with E-state index < -0.39 is 24.2 Å². The van der Waals surface area contributed by atoms with Crippen LogP contribution >= 0.6 is 0 Å². The van der Waals surface area contributed by atoms with Gasteiger partial charge in [0.2, 0.25) is 12.0 Å². The number of rotatable bonds is 1. The first-order chi connectivity index (χ1) is 5.82. The number of alkyl halides is 3. The van der Waals surface area contributed by atoms with Crippen molar-refractivity contribution in [3.8, 4) is 0 Å². The van der Waals surface area contributed by atoms with Crippen molar-refractivity contribution < 1.29 is 22.7 Å². The molecule has 2 unspecified atom stereocenters. The lowest BCUT2D eigenvalue weighted by molar-refractivity contribution is -0.199. The topological polar surface area (TPSA) is 64.7 Å². The van der Waals surface area contributed by atoms with Crippen LogP contribution in [0.25, 0.3) is 0 Å². The van der Waals surface area contributed by atoms with Gasteiger partial charge in [-0.05, 0) is 0 Å². The molecule has 1 amide bonds. The van der Waals surface area contributed by atoms with Crippen LogP contribution in [0, 0.1) is 0 Å². The number of primary amides is 1. The van der Waals surface area contributed by atoms with Gasteiger partial charge >= 0.3 is 6.18 Å². The van der Waals surface area contributed by atoms with Gasteiger partial charge in [-0.15, -0.1) is 0 Å². The molecule has 0 saturated heterocycles. The number of hydrogen-bond donors (Lipinski definition) is 1. The molecule has 2 N–H and O–H groups in total. The molecule has 1 aliphatic heterocycles. The highest BCUT2D eigenvalue weighted by molar-refractivity contribution is 5.87. The van der Waals surface area contributed by atoms with Crippen molar-refractivity contribution in [1.29, 1.82) is 0 Å². The Bertz CT molecular complexity index is 261. The van der Waals surface area contributed by atoms with E-state index in [1.54, 1.807) is 0 Å². The molecule has 0 aromatic heterocycles. The van der Waals surface area contributed by atoms with Gasteiger partial charge < -0.3 is 10.5 Å². The maximum Gasteiger partial charge on any atom is 0.428 e. The third kappa shape index (κ3) is 1.90. The SMILES string of the molecule is CC1=NC(C(N)=O)C(C(F)(F)F)O1. The molecule has 0 aromatic carbocycles. The number of ether oxygens (including phenoxy) is 1. The van der Waals surface area contributed by atoms with Crippen molar-refractivity contribution in [3.63, 3.8) is 0 Å². The first-order valence-corrected chi connectivity index (χ1v) is 3.39. The predicted molar refractivity (Wildman–Crippen MR) is 37.0 cm³/mol. The smallest absolute Gasteiger partial charge is 0.428 e. The first kappa shape index (κ1) is 9.82. The molecule has 7 heteroatoms. The minimum absolute atomic E-state index is 0.175. The largest absolute Gasteiger partial charge is 0.466 e. The Kier molecular flexibility index (Phi) is 2.19. The van der Waals surface area contributed by atoms with Crippen molar-refractivity contribution in [2.75, 3.05) is 0 Å². The second-order valence-electron chi connectivity index (χ2n) is 2.58. The van der Waals surface area contributed by atoms with Gasteiger partial charge in [-0.2, -0.15) is 13.2 Å². The number of nitrogens with two attached hydrogens (primary N) is 1. The lowest BCUT2D eigenvalue weighted by Crippen LogP contribution is -2.44. The van der Waals surface area contributed by atoms with Gasteiger partial charge in [-0.1, -0.05) is 0 Å². The summed E-state index contributed by atoms with van der Waals surface area (Å²) in [5, 5.41) is 0. The number of aliphatic imine (C=N–C) groups is 1. The Hall–Kier alpha value is -1.27. The molecule has 1 aliphatic rings. The summed E-state index contributed by atoms with van der Waals surface area (Å²) in [6, 6.07) is -1.65. The highest BCUT2D eigenvalue weighted by Gasteiger charge is 2.52. The van der Waals surface area contributed by atoms with Crippen LogP contribution in [0.4, 0.5) is 13.2 Å². The molecule has 4 nitrogen and oxygen atoms in total. The summed E-state index contributed by atoms with van der Waals surface area (Å²) in [6.07, 6.45) is -6.86. The molecular weight excluding hydrogens is 189 g/mol. The number of halogens is 3. The van der Waals surface area contributed by atoms with Crippen molar-refractivity contribution in [3.05, 3.63) is 0 Å². The van der Waals surface area contributed by atoms with Gasteiger partial charge in [0.1, 0.15) is 0 Å². The number of carbonyl (C=O) groups excluding carboxylic acids is 1. The van der Waals surface area contributed by atoms with E-state index in [-0.39, 0.29) is 5.90 Å². The fourth-order valence-electron chi connectivity index (χ4n) is 1.00. The summed E-state index contributed by atoms with van der Waals surface area (Å²) >= 11 is 0. The second-order valence-corrected chi connectivity index (χ2v) is 2.58. The van der Waals surface area contributed by atoms with Gasteiger partial charge in [0, 0.05) is 6.92 Å². The molecule has 0 aliphatic carbocycles. The van der Waals surface area contributed by atoms with Crippen molar-refractivity contribution in [2.24, 2.45) is 10.7 Å². The summed E-state index contributed by atoms with van der Waals surface area (Å²) in [5.74, 6) is -1.31. The third-order valence-electron chi connectivity index (χ3n) is 1.52. The molecule has 0 fully saturated rings. The monoisotopic (exact) mass is 196 g/mol. The van der Waals surface area contributed by atoms with Crippen LogP contribution < -0.4 is 5.73 Å². The minimum atomic E-state index is -4.62. The Morgan fingerprint density at radius 1 is 1.62 bits per heavy atom. The molecule has 0 spiro atoms. The number of amides is 1. The standard InChI is InChI=1S/C6H7F3N2O2/c1-2-11-3(5(10)12)4(13-2)6(7,8)9/h3-4H,1H3,(H2,10,12). The summed E-state index contributed by atoms with van der Waals surface area (Å²) in [7, 11) is 0. The number of nitrogens with zero attached hydrogens (tertiary/aromatic N) is 1. The first-order valence-electron chi connectivity index (χ1n) is 3.39. The Labute approximate surface area is 71.6 Å². The molecular formula is C6H7F3N2O2. The van der Waals surface area contributed by atoms with Gasteiger partial charge in [0.25, 0.3) is 0 Å². The van der Waals surface area contributed by atoms with Crippen LogP contribution in [0.15, 0.2) is 4.99 Å². The van der Waals surface area contributed by atoms with Gasteiger partial charge in [0.05, 0.1) is 0 Å². The van der Waals surface area contributed by atoms with E-state index in [0.29, 0.717) is 0 Å². The Morgan fingerprint density at radius 2 is 2.15 bits per heavy atom. The molecule has 74 valence electrons. The number of carbonyl (C=O) groups is 1. The second kappa shape index (κ2) is 2.90. The van der Waals surface area contributed by atoms with Crippen LogP contribution in [0.1, 0.15) is 6.92 Å². The van der Waals surface area contributed by atoms with E-state index in [1.165, 1.54) is 6.92 Å². The van der Waals surface area contributed by atoms with Crippen LogP contribution in [-0.2, 0) is 9.53 Å². The van der Waals surface area contributed by atoms with Crippen LogP contribution in [0.3, 0.4) is 0 Å². The molecule has 0 radical (unpaired) electrons. The van der Waals surface area contributed by atoms with E-state index in [4.69, 9.17) is 5.73 Å². The van der Waals surface area contributed by atoms with Gasteiger partial charge in [-0.25, -0.2) is 4.99 Å². The summed E-state index contributed by atoms with van der Waals surface area (Å²) < 4.78 is 40.7. The molecule has 1 heterocycles. The predicted octanol–water partition coefficient (Wildman–Crippen LogP) is 0.220. The van der Waals surface area contributed by atoms with Gasteiger partial charge in [-0.3, -0.25) is 4.79 Å². The average Bonchev–Trinajstić information content (AvgIpc) is 2.29. The zero-order chi connectivity index (χ0) is 10.2. The molecule has 0 aromatic rings. The molecule has 13 heavy (non-hydrogen) atoms. The summed E-state index contributed by atoms with van der Waals surface area (Å²) in [5.41, 5.74) is 4.72. The molecule has 2 atom stereocenters. The van der Waals surface area contributed by atoms with Crippen molar-refractivity contribution in [2.45, 2.75) is 25.2 Å². The van der Waals surface area contributed by atoms with Crippen molar-refractivity contribution >= 4 is 11.8 Å². The fraction of sp³-hybridized carbons (Fsp3) is 0.667. The van der Waals surface area contributed by atoms with E-state index >= 15 is 0 Å². The van der Waals surface area contributed by atoms with Crippen LogP contribution in [0.5, 0.6) is 0 Å². The fourth-order valence-corrected chi connectivity index (χ4v) is 1.00. The zero-order valence-corrected chi connectivity index (χ0v) is 6.63. The molecule has 0 saturated carbocycles. The van der Waals surface area contributed by atoms with Crippen molar-refractivity contribution in [1.82, 2.24) is 0 Å². The van der Waals surface area contributed by atoms with E-state index in [9.17, 15) is 18.0 Å². The highest BCUT2D eigenvalue weighted by Crippen LogP contribution is 2.30. The normalized spacial score (nSPS) is 28.2. The molecule has 1 rings (SSSR count). The third-order valence-corrected chi connectivity index (χ3v) is 1.52. The zero-order valence-electron chi connectivity index (χ0n) is 6.63. The Balaban J connectivity index is 2.85. The maximum absolute atomic E-state index is 12.1. The highest BCUT2D eigenvalue weighted by atomic mass is 19.4. The average molecular weight is 196 g/mol. The van der Waals surface area contributed by atoms with Crippen LogP contribution in [0.2, 0.25) is 0 Å². The lowest BCUT2D eigenvalue weighted by Gasteiger charge is -2.17. The number of hydrogen-bond acceptors (Lipinski definition) is 3. The van der Waals surface area contributed by atoms with Gasteiger partial charge in [0.15, 0.2) is 11.9 Å². The van der Waals surface area contributed by atoms with E-state index in [2.05, 4.69) is 9.73 Å². The quantitative estimate of drug-likeness (QED) is 0.651. The van der Waals surface area contributed by atoms with Crippen LogP contribution in [-0.4, -0.2) is 30.1 Å². The summed E-state index contributed by atoms with van der Waals surface area (Å²) in [4.78, 5) is 13.9. The molecule has 0 bridgehead atoms. The minimum Gasteiger partial charge on any atom is -0.466 e. The maximum atomic E-state index is 12.1. The van der Waals surface area contributed by atoms with E-state index in [0.717, 1.165) is 0 Å². The lowest BCUT2D eigenvalue weighted by atomic mass is 10.1. The summed E-state index contributed by atoms with van der Waals surface area (Å²) in [6.45, 7) is 1.24. The van der Waals surface area contributed by atoms with E-state index in [1.807, 2.05) is 0 Å². The Morgan fingerprint density at radius 3 is 2.46 bits per heavy atom.